The second-order valence-electron chi connectivity index (χ2n) is 5.83. The van der Waals surface area contributed by atoms with Crippen LogP contribution < -0.4 is 4.74 Å². The quantitative estimate of drug-likeness (QED) is 0.569. The molecule has 1 heterocycles. The van der Waals surface area contributed by atoms with Gasteiger partial charge in [0.1, 0.15) is 10.7 Å². The van der Waals surface area contributed by atoms with Crippen LogP contribution in [0.15, 0.2) is 57.9 Å². The summed E-state index contributed by atoms with van der Waals surface area (Å²) in [7, 11) is -2.64. The van der Waals surface area contributed by atoms with Crippen LogP contribution in [0.4, 0.5) is 8.78 Å². The van der Waals surface area contributed by atoms with Gasteiger partial charge in [-0.3, -0.25) is 0 Å². The number of rotatable bonds is 8. The molecule has 0 saturated carbocycles. The van der Waals surface area contributed by atoms with Crippen LogP contribution in [-0.2, 0) is 23.1 Å². The normalized spacial score (nSPS) is 11.7. The molecule has 0 spiro atoms. The van der Waals surface area contributed by atoms with Crippen LogP contribution in [-0.4, -0.2) is 36.5 Å². The molecule has 2 aromatic carbocycles. The minimum Gasteiger partial charge on any atom is -0.481 e. The first-order valence-corrected chi connectivity index (χ1v) is 9.71. The predicted octanol–water partition coefficient (Wildman–Crippen LogP) is 2.79. The van der Waals surface area contributed by atoms with Gasteiger partial charge in [0.25, 0.3) is 5.89 Å². The maximum absolute atomic E-state index is 13.8. The predicted molar refractivity (Wildman–Crippen MR) is 94.9 cm³/mol. The molecule has 0 bridgehead atoms. The first-order valence-electron chi connectivity index (χ1n) is 8.27. The van der Waals surface area contributed by atoms with Crippen molar-refractivity contribution in [2.75, 3.05) is 13.6 Å². The summed E-state index contributed by atoms with van der Waals surface area (Å²) in [6.45, 7) is -0.110. The molecule has 0 aliphatic rings. The number of nitrogens with zero attached hydrogens (tertiary/aromatic N) is 3. The highest BCUT2D eigenvalue weighted by atomic mass is 32.2. The number of hydrogen-bond donors (Lipinski definition) is 0. The lowest BCUT2D eigenvalue weighted by molar-refractivity contribution is 0.234. The van der Waals surface area contributed by atoms with Gasteiger partial charge in [-0.25, -0.2) is 21.5 Å². The van der Waals surface area contributed by atoms with E-state index in [-0.39, 0.29) is 37.0 Å². The van der Waals surface area contributed by atoms with Crippen molar-refractivity contribution >= 4 is 10.0 Å². The molecular formula is C18H17F2N3O4S. The first-order chi connectivity index (χ1) is 13.4. The maximum Gasteiger partial charge on any atom is 0.264 e. The highest BCUT2D eigenvalue weighted by Crippen LogP contribution is 2.19. The fourth-order valence-corrected chi connectivity index (χ4v) is 3.58. The molecule has 0 radical (unpaired) electrons. The average molecular weight is 409 g/mol. The number of para-hydroxylation sites is 1. The van der Waals surface area contributed by atoms with Crippen molar-refractivity contribution in [2.45, 2.75) is 17.9 Å². The van der Waals surface area contributed by atoms with E-state index < -0.39 is 26.6 Å². The monoisotopic (exact) mass is 409 g/mol. The molecule has 0 N–H and O–H groups in total. The number of halogens is 2. The zero-order chi connectivity index (χ0) is 20.1. The Morgan fingerprint density at radius 3 is 2.46 bits per heavy atom. The summed E-state index contributed by atoms with van der Waals surface area (Å²) >= 11 is 0. The van der Waals surface area contributed by atoms with Crippen LogP contribution in [0, 0.1) is 11.6 Å². The van der Waals surface area contributed by atoms with Gasteiger partial charge in [-0.1, -0.05) is 29.4 Å². The van der Waals surface area contributed by atoms with E-state index in [1.54, 1.807) is 12.1 Å². The molecule has 0 amide bonds. The minimum absolute atomic E-state index is 0.0177. The third-order valence-electron chi connectivity index (χ3n) is 3.87. The van der Waals surface area contributed by atoms with Gasteiger partial charge in [0.15, 0.2) is 24.0 Å². The smallest absolute Gasteiger partial charge is 0.264 e. The molecule has 28 heavy (non-hydrogen) atoms. The van der Waals surface area contributed by atoms with E-state index in [4.69, 9.17) is 9.26 Å². The highest BCUT2D eigenvalue weighted by Gasteiger charge is 2.24. The Hall–Kier alpha value is -2.85. The SMILES string of the molecule is CN(CCc1noc(COc2ccccc2F)n1)S(=O)(=O)c1ccccc1F. The molecule has 3 aromatic rings. The van der Waals surface area contributed by atoms with Crippen molar-refractivity contribution in [3.8, 4) is 5.75 Å². The summed E-state index contributed by atoms with van der Waals surface area (Å²) in [6, 6.07) is 11.1. The average Bonchev–Trinajstić information content (AvgIpc) is 3.13. The highest BCUT2D eigenvalue weighted by molar-refractivity contribution is 7.89. The third kappa shape index (κ3) is 4.52. The van der Waals surface area contributed by atoms with Crippen LogP contribution >= 0.6 is 0 Å². The van der Waals surface area contributed by atoms with Gasteiger partial charge < -0.3 is 9.26 Å². The van der Waals surface area contributed by atoms with Crippen molar-refractivity contribution in [2.24, 2.45) is 0 Å². The van der Waals surface area contributed by atoms with Gasteiger partial charge in [0.05, 0.1) is 0 Å². The lowest BCUT2D eigenvalue weighted by Crippen LogP contribution is -2.29. The number of sulfonamides is 1. The summed E-state index contributed by atoms with van der Waals surface area (Å²) in [4.78, 5) is 3.68. The van der Waals surface area contributed by atoms with Gasteiger partial charge in [-0.2, -0.15) is 4.98 Å². The molecule has 0 fully saturated rings. The van der Waals surface area contributed by atoms with Crippen molar-refractivity contribution in [1.82, 2.24) is 14.4 Å². The molecule has 0 aliphatic carbocycles. The fraction of sp³-hybridized carbons (Fsp3) is 0.222. The van der Waals surface area contributed by atoms with Crippen LogP contribution in [0.1, 0.15) is 11.7 Å². The van der Waals surface area contributed by atoms with Crippen molar-refractivity contribution in [1.29, 1.82) is 0 Å². The molecule has 148 valence electrons. The number of benzene rings is 2. The zero-order valence-corrected chi connectivity index (χ0v) is 15.7. The summed E-state index contributed by atoms with van der Waals surface area (Å²) in [5, 5.41) is 3.74. The van der Waals surface area contributed by atoms with Crippen molar-refractivity contribution < 1.29 is 26.5 Å². The molecule has 1 aromatic heterocycles. The molecule has 0 aliphatic heterocycles. The van der Waals surface area contributed by atoms with E-state index in [1.165, 1.54) is 37.4 Å². The van der Waals surface area contributed by atoms with Crippen molar-refractivity contribution in [3.05, 3.63) is 71.9 Å². The summed E-state index contributed by atoms with van der Waals surface area (Å²) < 4.78 is 63.4. The molecule has 0 saturated heterocycles. The van der Waals surface area contributed by atoms with Gasteiger partial charge in [0.2, 0.25) is 10.0 Å². The Labute approximate surface area is 160 Å². The Kier molecular flexibility index (Phi) is 6.00. The standard InChI is InChI=1S/C18H17F2N3O4S/c1-23(28(24,25)16-9-5-3-7-14(16)20)11-10-17-21-18(27-22-17)12-26-15-8-4-2-6-13(15)19/h2-9H,10-12H2,1H3. The Bertz CT molecular complexity index is 1060. The van der Waals surface area contributed by atoms with E-state index in [1.807, 2.05) is 0 Å². The number of aromatic nitrogens is 2. The topological polar surface area (TPSA) is 85.5 Å². The van der Waals surface area contributed by atoms with Gasteiger partial charge >= 0.3 is 0 Å². The van der Waals surface area contributed by atoms with E-state index >= 15 is 0 Å². The minimum atomic E-state index is -3.98. The van der Waals surface area contributed by atoms with Crippen LogP contribution in [0.5, 0.6) is 5.75 Å². The van der Waals surface area contributed by atoms with E-state index in [2.05, 4.69) is 10.1 Å². The lowest BCUT2D eigenvalue weighted by Gasteiger charge is -2.16. The molecule has 10 heteroatoms. The number of hydrogen-bond acceptors (Lipinski definition) is 6. The Morgan fingerprint density at radius 2 is 1.75 bits per heavy atom. The van der Waals surface area contributed by atoms with Gasteiger partial charge in [-0.05, 0) is 24.3 Å². The van der Waals surface area contributed by atoms with E-state index in [0.717, 1.165) is 10.4 Å². The second-order valence-corrected chi connectivity index (χ2v) is 7.84. The van der Waals surface area contributed by atoms with Crippen LogP contribution in [0.3, 0.4) is 0 Å². The van der Waals surface area contributed by atoms with E-state index in [9.17, 15) is 17.2 Å². The largest absolute Gasteiger partial charge is 0.481 e. The Morgan fingerprint density at radius 1 is 1.07 bits per heavy atom. The Balaban J connectivity index is 1.58. The summed E-state index contributed by atoms with van der Waals surface area (Å²) in [5.74, 6) is -0.901. The maximum atomic E-state index is 13.8. The van der Waals surface area contributed by atoms with E-state index in [0.29, 0.717) is 0 Å². The number of ether oxygens (including phenoxy) is 1. The third-order valence-corrected chi connectivity index (χ3v) is 5.76. The first kappa shape index (κ1) is 19.9. The molecular weight excluding hydrogens is 392 g/mol. The van der Waals surface area contributed by atoms with Crippen LogP contribution in [0.2, 0.25) is 0 Å². The fourth-order valence-electron chi connectivity index (χ4n) is 2.35. The van der Waals surface area contributed by atoms with Gasteiger partial charge in [0, 0.05) is 20.0 Å². The molecule has 3 rings (SSSR count). The molecule has 0 atom stereocenters. The molecule has 0 unspecified atom stereocenters. The van der Waals surface area contributed by atoms with Gasteiger partial charge in [-0.15, -0.1) is 0 Å². The lowest BCUT2D eigenvalue weighted by atomic mass is 10.3. The second kappa shape index (κ2) is 8.44. The molecule has 7 nitrogen and oxygen atoms in total. The number of likely N-dealkylation sites (N-methyl/N-ethyl adjacent to an activating group) is 1. The zero-order valence-electron chi connectivity index (χ0n) is 14.9. The van der Waals surface area contributed by atoms with Crippen molar-refractivity contribution in [3.63, 3.8) is 0 Å². The van der Waals surface area contributed by atoms with Crippen LogP contribution in [0.25, 0.3) is 0 Å². The summed E-state index contributed by atoms with van der Waals surface area (Å²) in [6.07, 6.45) is 0.146. The summed E-state index contributed by atoms with van der Waals surface area (Å²) in [5.41, 5.74) is 0.